The van der Waals surface area contributed by atoms with E-state index in [1.54, 1.807) is 0 Å². The van der Waals surface area contributed by atoms with Crippen molar-refractivity contribution >= 4 is 17.5 Å². The zero-order chi connectivity index (χ0) is 20.0. The number of piperidine rings is 1. The summed E-state index contributed by atoms with van der Waals surface area (Å²) in [7, 11) is 0. The van der Waals surface area contributed by atoms with E-state index < -0.39 is 0 Å². The molecule has 1 spiro atoms. The van der Waals surface area contributed by atoms with Crippen LogP contribution in [0, 0.1) is 0 Å². The van der Waals surface area contributed by atoms with E-state index in [0.29, 0.717) is 25.3 Å². The number of nitrogens with one attached hydrogen (secondary N) is 1. The van der Waals surface area contributed by atoms with Crippen molar-refractivity contribution in [3.05, 3.63) is 62.3 Å². The molecule has 1 saturated carbocycles. The molecule has 5 nitrogen and oxygen atoms in total. The summed E-state index contributed by atoms with van der Waals surface area (Å²) in [6, 6.07) is 7.71. The maximum Gasteiger partial charge on any atom is 0.254 e. The van der Waals surface area contributed by atoms with Crippen LogP contribution in [0.3, 0.4) is 0 Å². The lowest BCUT2D eigenvalue weighted by Gasteiger charge is -2.40. The topological polar surface area (TPSA) is 66.1 Å². The zero-order valence-corrected chi connectivity index (χ0v) is 17.3. The zero-order valence-electron chi connectivity index (χ0n) is 16.5. The molecule has 29 heavy (non-hydrogen) atoms. The maximum absolute atomic E-state index is 13.0. The summed E-state index contributed by atoms with van der Waals surface area (Å²) in [5.41, 5.74) is 2.73. The number of aryl methyl sites for hydroxylation is 1. The minimum Gasteiger partial charge on any atom is -0.342 e. The van der Waals surface area contributed by atoms with Crippen molar-refractivity contribution in [2.45, 2.75) is 62.7 Å². The van der Waals surface area contributed by atoms with Crippen molar-refractivity contribution in [3.63, 3.8) is 0 Å². The molecule has 1 amide bonds. The molecule has 1 aliphatic heterocycles. The van der Waals surface area contributed by atoms with E-state index in [4.69, 9.17) is 16.6 Å². The number of H-pyrrole nitrogens is 1. The second-order valence-corrected chi connectivity index (χ2v) is 9.25. The Morgan fingerprint density at radius 2 is 2.10 bits per heavy atom. The van der Waals surface area contributed by atoms with E-state index >= 15 is 0 Å². The summed E-state index contributed by atoms with van der Waals surface area (Å²) >= 11 is 6.24. The van der Waals surface area contributed by atoms with Crippen LogP contribution in [0.15, 0.2) is 29.1 Å². The number of aromatic amines is 1. The molecule has 1 atom stereocenters. The molecule has 6 heteroatoms. The molecule has 2 aromatic rings. The lowest BCUT2D eigenvalue weighted by Crippen LogP contribution is -2.48. The number of fused-ring (bicyclic) bond motifs is 2. The number of hydrogen-bond donors (Lipinski definition) is 1. The lowest BCUT2D eigenvalue weighted by molar-refractivity contribution is -0.133. The molecule has 152 valence electrons. The molecule has 0 radical (unpaired) electrons. The maximum atomic E-state index is 13.0. The third-order valence-electron chi connectivity index (χ3n) is 6.85. The highest BCUT2D eigenvalue weighted by Crippen LogP contribution is 2.45. The van der Waals surface area contributed by atoms with Gasteiger partial charge in [-0.2, -0.15) is 0 Å². The Morgan fingerprint density at radius 1 is 1.28 bits per heavy atom. The van der Waals surface area contributed by atoms with E-state index in [9.17, 15) is 9.59 Å². The van der Waals surface area contributed by atoms with Crippen LogP contribution in [0.5, 0.6) is 0 Å². The minimum absolute atomic E-state index is 0.0379. The first-order valence-electron chi connectivity index (χ1n) is 10.7. The van der Waals surface area contributed by atoms with Crippen molar-refractivity contribution in [1.82, 2.24) is 14.9 Å². The molecular formula is C23H26ClN3O2. The van der Waals surface area contributed by atoms with E-state index in [2.05, 4.69) is 4.98 Å². The highest BCUT2D eigenvalue weighted by atomic mass is 35.5. The molecule has 5 rings (SSSR count). The standard InChI is InChI=1S/C23H26ClN3O2/c24-18-5-2-1-4-15(18)8-9-19(28)27-13-3-11-23(14-27)12-10-17-20(23)25-21(16-6-7-16)26-22(17)29/h1-2,4-5,16H,3,6-14H2,(H,25,26,29). The quantitative estimate of drug-likeness (QED) is 0.833. The van der Waals surface area contributed by atoms with Crippen molar-refractivity contribution in [2.75, 3.05) is 13.1 Å². The summed E-state index contributed by atoms with van der Waals surface area (Å²) in [6.07, 6.45) is 7.00. The summed E-state index contributed by atoms with van der Waals surface area (Å²) < 4.78 is 0. The fraction of sp³-hybridized carbons (Fsp3) is 0.522. The van der Waals surface area contributed by atoms with Crippen molar-refractivity contribution < 1.29 is 4.79 Å². The predicted molar refractivity (Wildman–Crippen MR) is 112 cm³/mol. The summed E-state index contributed by atoms with van der Waals surface area (Å²) in [5.74, 6) is 1.45. The normalized spacial score (nSPS) is 23.4. The molecule has 0 bridgehead atoms. The second kappa shape index (κ2) is 7.28. The Labute approximate surface area is 175 Å². The van der Waals surface area contributed by atoms with Gasteiger partial charge >= 0.3 is 0 Å². The lowest BCUT2D eigenvalue weighted by atomic mass is 9.77. The van der Waals surface area contributed by atoms with Gasteiger partial charge in [-0.1, -0.05) is 29.8 Å². The van der Waals surface area contributed by atoms with Crippen molar-refractivity contribution in [3.8, 4) is 0 Å². The van der Waals surface area contributed by atoms with Crippen LogP contribution in [0.25, 0.3) is 0 Å². The number of hydrogen-bond acceptors (Lipinski definition) is 3. The minimum atomic E-state index is -0.147. The van der Waals surface area contributed by atoms with Gasteiger partial charge in [0.2, 0.25) is 5.91 Å². The van der Waals surface area contributed by atoms with Crippen molar-refractivity contribution in [2.24, 2.45) is 0 Å². The Kier molecular flexibility index (Phi) is 4.73. The molecular weight excluding hydrogens is 386 g/mol. The molecule has 2 heterocycles. The van der Waals surface area contributed by atoms with Gasteiger partial charge in [0.1, 0.15) is 5.82 Å². The molecule has 1 saturated heterocycles. The van der Waals surface area contributed by atoms with Gasteiger partial charge in [0, 0.05) is 41.4 Å². The molecule has 1 N–H and O–H groups in total. The predicted octanol–water partition coefficient (Wildman–Crippen LogP) is 3.74. The molecule has 1 aromatic heterocycles. The number of halogens is 1. The Hall–Kier alpha value is -2.14. The molecule has 3 aliphatic rings. The molecule has 2 aliphatic carbocycles. The average Bonchev–Trinajstić information content (AvgIpc) is 3.52. The van der Waals surface area contributed by atoms with Gasteiger partial charge < -0.3 is 9.88 Å². The van der Waals surface area contributed by atoms with Crippen LogP contribution in [-0.2, 0) is 23.1 Å². The van der Waals surface area contributed by atoms with Gasteiger partial charge in [0.15, 0.2) is 0 Å². The number of carbonyl (C=O) groups excluding carboxylic acids is 1. The molecule has 1 aromatic carbocycles. The van der Waals surface area contributed by atoms with E-state index in [1.807, 2.05) is 29.2 Å². The third-order valence-corrected chi connectivity index (χ3v) is 7.22. The van der Waals surface area contributed by atoms with Gasteiger partial charge in [-0.3, -0.25) is 9.59 Å². The number of likely N-dealkylation sites (tertiary alicyclic amines) is 1. The highest BCUT2D eigenvalue weighted by molar-refractivity contribution is 6.31. The van der Waals surface area contributed by atoms with Crippen LogP contribution in [0.2, 0.25) is 5.02 Å². The smallest absolute Gasteiger partial charge is 0.254 e. The number of benzene rings is 1. The van der Waals surface area contributed by atoms with E-state index in [0.717, 1.165) is 72.7 Å². The van der Waals surface area contributed by atoms with Gasteiger partial charge in [-0.15, -0.1) is 0 Å². The highest BCUT2D eigenvalue weighted by Gasteiger charge is 2.46. The third kappa shape index (κ3) is 3.50. The number of rotatable bonds is 4. The largest absolute Gasteiger partial charge is 0.342 e. The number of aromatic nitrogens is 2. The molecule has 1 unspecified atom stereocenters. The SMILES string of the molecule is O=C(CCc1ccccc1Cl)N1CCCC2(CCc3c2nc(C2CC2)[nH]c3=O)C1. The second-order valence-electron chi connectivity index (χ2n) is 8.84. The first-order valence-corrected chi connectivity index (χ1v) is 11.1. The van der Waals surface area contributed by atoms with Crippen LogP contribution < -0.4 is 5.56 Å². The van der Waals surface area contributed by atoms with E-state index in [1.165, 1.54) is 0 Å². The van der Waals surface area contributed by atoms with Gasteiger partial charge in [-0.05, 0) is 56.6 Å². The monoisotopic (exact) mass is 411 g/mol. The van der Waals surface area contributed by atoms with Crippen LogP contribution >= 0.6 is 11.6 Å². The van der Waals surface area contributed by atoms with Gasteiger partial charge in [0.25, 0.3) is 5.56 Å². The van der Waals surface area contributed by atoms with Crippen molar-refractivity contribution in [1.29, 1.82) is 0 Å². The first-order chi connectivity index (χ1) is 14.1. The van der Waals surface area contributed by atoms with Crippen LogP contribution in [0.4, 0.5) is 0 Å². The molecule has 2 fully saturated rings. The Balaban J connectivity index is 1.34. The van der Waals surface area contributed by atoms with Crippen LogP contribution in [0.1, 0.15) is 67.1 Å². The summed E-state index contributed by atoms with van der Waals surface area (Å²) in [5, 5.41) is 0.719. The fourth-order valence-electron chi connectivity index (χ4n) is 5.06. The van der Waals surface area contributed by atoms with Gasteiger partial charge in [-0.25, -0.2) is 4.98 Å². The Bertz CT molecular complexity index is 1010. The van der Waals surface area contributed by atoms with Crippen LogP contribution in [-0.4, -0.2) is 33.9 Å². The Morgan fingerprint density at radius 3 is 2.90 bits per heavy atom. The number of nitrogens with zero attached hydrogens (tertiary/aromatic N) is 2. The fourth-order valence-corrected chi connectivity index (χ4v) is 5.29. The summed E-state index contributed by atoms with van der Waals surface area (Å²) in [6.45, 7) is 1.47. The first kappa shape index (κ1) is 18.9. The number of amides is 1. The van der Waals surface area contributed by atoms with Gasteiger partial charge in [0.05, 0.1) is 5.69 Å². The van der Waals surface area contributed by atoms with E-state index in [-0.39, 0.29) is 16.9 Å². The summed E-state index contributed by atoms with van der Waals surface area (Å²) in [4.78, 5) is 35.5. The number of carbonyl (C=O) groups is 1. The average molecular weight is 412 g/mol.